The Bertz CT molecular complexity index is 5470. The molecule has 0 radical (unpaired) electrons. The van der Waals surface area contributed by atoms with Crippen LogP contribution in [0.3, 0.4) is 0 Å². The average Bonchev–Trinajstić information content (AvgIpc) is 1.48. The molecule has 0 nitrogen and oxygen atoms in total. The Morgan fingerprint density at radius 2 is 0.384 bits per heavy atom. The van der Waals surface area contributed by atoms with Gasteiger partial charge in [0.1, 0.15) is 0 Å². The fourth-order valence-electron chi connectivity index (χ4n) is 24.6. The maximum absolute atomic E-state index is 2.82. The van der Waals surface area contributed by atoms with E-state index in [1.165, 1.54) is 374 Å². The maximum atomic E-state index is 2.82. The Kier molecular flexibility index (Phi) is 38.3. The first kappa shape index (κ1) is 105. The van der Waals surface area contributed by atoms with E-state index in [9.17, 15) is 0 Å². The Hall–Kier alpha value is -5.82. The van der Waals surface area contributed by atoms with E-state index in [1.807, 2.05) is 34.0 Å². The quantitative estimate of drug-likeness (QED) is 0.0333. The number of rotatable bonds is 60. The topological polar surface area (TPSA) is 0 Å². The third-order valence-corrected chi connectivity index (χ3v) is 44.0. The summed E-state index contributed by atoms with van der Waals surface area (Å²) in [4.78, 5) is 22.5. The zero-order valence-corrected chi connectivity index (χ0v) is 95.2. The van der Waals surface area contributed by atoms with Crippen molar-refractivity contribution in [3.05, 3.63) is 209 Å². The second-order valence-corrected chi connectivity index (χ2v) is 51.0. The fourth-order valence-corrected chi connectivity index (χ4v) is 35.6. The Labute approximate surface area is 873 Å². The lowest BCUT2D eigenvalue weighted by molar-refractivity contribution is 0.473. The minimum absolute atomic E-state index is 0.230. The summed E-state index contributed by atoms with van der Waals surface area (Å²) in [7, 11) is 0. The van der Waals surface area contributed by atoms with E-state index >= 15 is 0 Å². The van der Waals surface area contributed by atoms with E-state index < -0.39 is 0 Å². The molecule has 3 aliphatic rings. The van der Waals surface area contributed by atoms with Crippen LogP contribution in [0.1, 0.15) is 457 Å². The molecule has 138 heavy (non-hydrogen) atoms. The van der Waals surface area contributed by atoms with Crippen molar-refractivity contribution in [2.75, 3.05) is 0 Å². The van der Waals surface area contributed by atoms with Crippen LogP contribution in [-0.4, -0.2) is 0 Å². The highest BCUT2D eigenvalue weighted by Gasteiger charge is 2.57. The van der Waals surface area contributed by atoms with Crippen molar-refractivity contribution < 1.29 is 0 Å². The summed E-state index contributed by atoms with van der Waals surface area (Å²) in [6.07, 6.45) is 62.9. The van der Waals surface area contributed by atoms with Crippen molar-refractivity contribution in [1.29, 1.82) is 0 Å². The lowest BCUT2D eigenvalue weighted by Crippen LogP contribution is -2.29. The summed E-state index contributed by atoms with van der Waals surface area (Å²) < 4.78 is 0. The van der Waals surface area contributed by atoms with Crippen LogP contribution in [-0.2, 0) is 74.0 Å². The standard InChI is InChI=1S/C129H168S9/c1-16-31-40-49-58-88-73-109(130-85-88)121-97(64-55-46-37-22-7)82-112(136-121)124-94(61-52-43-34-19-4)79-106(133-124)91-67-70-103-100(76-91)115-118(127(103,25-10)26-11)116-102-78-93(108-81-96(63-54-45-36-21-6)126(135-108)114-84-99(66-57-48-39-24-9)123(138-114)111-75-90(87-132-111)60-51-42-33-18-3)69-72-105(102)129(29-14,30-15)120(116)117-101-77-92(68-71-104(101)128(27-12,28-13)119(115)117)107-80-95(62-53-44-35-20-5)125(134-107)113-83-98(65-56-47-38-23-8)122(137-113)110-74-89(86-131-110)59-50-41-32-17-2/h67-87H,16-66H2,1-15H3. The first-order chi connectivity index (χ1) is 67.7. The molecule has 9 aromatic heterocycles. The molecule has 0 atom stereocenters. The summed E-state index contributed by atoms with van der Waals surface area (Å²) in [5, 5.41) is 7.52. The van der Waals surface area contributed by atoms with Crippen molar-refractivity contribution in [2.24, 2.45) is 0 Å². The molecule has 0 aliphatic heterocycles. The molecule has 0 amide bonds. The molecule has 738 valence electrons. The molecule has 0 unspecified atom stereocenters. The van der Waals surface area contributed by atoms with Gasteiger partial charge in [-0.3, -0.25) is 0 Å². The number of unbranched alkanes of at least 4 members (excludes halogenated alkanes) is 27. The maximum Gasteiger partial charge on any atom is 0.0481 e. The third-order valence-electron chi connectivity index (χ3n) is 32.7. The number of hydrogen-bond acceptors (Lipinski definition) is 9. The van der Waals surface area contributed by atoms with Crippen molar-refractivity contribution in [2.45, 2.75) is 448 Å². The van der Waals surface area contributed by atoms with Crippen LogP contribution in [0.5, 0.6) is 0 Å². The second-order valence-electron chi connectivity index (χ2n) is 41.9. The molecular weight excluding hydrogens is 1840 g/mol. The first-order valence-corrected chi connectivity index (χ1v) is 64.0. The van der Waals surface area contributed by atoms with E-state index in [0.717, 1.165) is 77.0 Å². The zero-order valence-electron chi connectivity index (χ0n) is 87.9. The van der Waals surface area contributed by atoms with Crippen LogP contribution in [0.2, 0.25) is 0 Å². The smallest absolute Gasteiger partial charge is 0.0481 e. The predicted molar refractivity (Wildman–Crippen MR) is 627 cm³/mol. The summed E-state index contributed by atoms with van der Waals surface area (Å²) in [6.45, 7) is 36.8. The largest absolute Gasteiger partial charge is 0.143 e. The molecule has 16 rings (SSSR count). The van der Waals surface area contributed by atoms with Crippen molar-refractivity contribution in [3.8, 4) is 123 Å². The number of aryl methyl sites for hydroxylation is 9. The SMILES string of the molecule is CCCCCCc1csc(-c2sc(-c3sc(-c4ccc5c(c4)-c4c(c6c(c7c4C(CC)(CC)c4ccc(-c8cc(CCCCCC)c(-c9cc(CCCCCC)c(-c%10cc(CCCCCC)cs%10)s9)s8)cc4-7)C(CC)(CC)c4ccc(-c7cc(CCCCCC)c(-c8cc(CCCCCC)c(-c9cc(CCCCCC)cs9)s8)s7)cc4-6)C5(CC)CC)cc3CCCCCC)cc2CCCCCC)c1. The summed E-state index contributed by atoms with van der Waals surface area (Å²) in [5.41, 5.74) is 36.6. The average molecular weight is 2010 g/mol. The minimum atomic E-state index is -0.230. The Morgan fingerprint density at radius 3 is 0.594 bits per heavy atom. The van der Waals surface area contributed by atoms with E-state index in [2.05, 4.69) is 297 Å². The van der Waals surface area contributed by atoms with E-state index in [4.69, 9.17) is 0 Å². The fraction of sp³-hybridized carbons (Fsp3) is 0.535. The molecule has 13 aromatic rings. The van der Waals surface area contributed by atoms with Crippen molar-refractivity contribution in [1.82, 2.24) is 0 Å². The minimum Gasteiger partial charge on any atom is -0.143 e. The van der Waals surface area contributed by atoms with Gasteiger partial charge in [0.15, 0.2) is 0 Å². The van der Waals surface area contributed by atoms with Crippen LogP contribution >= 0.6 is 102 Å². The third kappa shape index (κ3) is 22.3. The van der Waals surface area contributed by atoms with Crippen molar-refractivity contribution >= 4 is 102 Å². The second kappa shape index (κ2) is 50.3. The van der Waals surface area contributed by atoms with Gasteiger partial charge in [0.25, 0.3) is 0 Å². The van der Waals surface area contributed by atoms with Crippen LogP contribution < -0.4 is 0 Å². The van der Waals surface area contributed by atoms with Gasteiger partial charge < -0.3 is 0 Å². The normalized spacial score (nSPS) is 13.7. The van der Waals surface area contributed by atoms with Gasteiger partial charge in [-0.2, -0.15) is 0 Å². The molecule has 9 heteroatoms. The van der Waals surface area contributed by atoms with Crippen molar-refractivity contribution in [3.63, 3.8) is 0 Å². The lowest BCUT2D eigenvalue weighted by Gasteiger charge is -2.37. The van der Waals surface area contributed by atoms with E-state index in [0.29, 0.717) is 0 Å². The molecular formula is C129H168S9. The highest BCUT2D eigenvalue weighted by molar-refractivity contribution is 7.29. The van der Waals surface area contributed by atoms with Gasteiger partial charge >= 0.3 is 0 Å². The Balaban J connectivity index is 0.911. The van der Waals surface area contributed by atoms with E-state index in [-0.39, 0.29) is 16.2 Å². The van der Waals surface area contributed by atoms with Gasteiger partial charge in [-0.25, -0.2) is 0 Å². The molecule has 0 saturated carbocycles. The van der Waals surface area contributed by atoms with Gasteiger partial charge in [0.05, 0.1) is 0 Å². The zero-order chi connectivity index (χ0) is 96.3. The predicted octanol–water partition coefficient (Wildman–Crippen LogP) is 45.6. The lowest BCUT2D eigenvalue weighted by atomic mass is 9.65. The summed E-state index contributed by atoms with van der Waals surface area (Å²) in [6, 6.07) is 48.6. The van der Waals surface area contributed by atoms with Gasteiger partial charge in [-0.1, -0.05) is 314 Å². The highest BCUT2D eigenvalue weighted by Crippen LogP contribution is 2.72. The van der Waals surface area contributed by atoms with Gasteiger partial charge in [-0.15, -0.1) is 102 Å². The number of benzene rings is 4. The molecule has 0 fully saturated rings. The van der Waals surface area contributed by atoms with Gasteiger partial charge in [0.2, 0.25) is 0 Å². The molecule has 0 N–H and O–H groups in total. The Morgan fingerprint density at radius 1 is 0.188 bits per heavy atom. The molecule has 3 aliphatic carbocycles. The van der Waals surface area contributed by atoms with Crippen LogP contribution in [0.4, 0.5) is 0 Å². The molecule has 9 heterocycles. The van der Waals surface area contributed by atoms with Gasteiger partial charge in [0, 0.05) is 89.4 Å². The van der Waals surface area contributed by atoms with Crippen LogP contribution in [0, 0.1) is 0 Å². The first-order valence-electron chi connectivity index (χ1n) is 56.5. The molecule has 0 spiro atoms. The molecule has 0 saturated heterocycles. The monoisotopic (exact) mass is 2010 g/mol. The van der Waals surface area contributed by atoms with Crippen LogP contribution in [0.25, 0.3) is 123 Å². The molecule has 0 bridgehead atoms. The number of hydrogen-bond donors (Lipinski definition) is 0. The van der Waals surface area contributed by atoms with Gasteiger partial charge in [-0.05, 0) is 377 Å². The van der Waals surface area contributed by atoms with Crippen LogP contribution in [0.15, 0.2) is 125 Å². The highest BCUT2D eigenvalue weighted by atomic mass is 32.1. The number of fused-ring (bicyclic) bond motifs is 12. The molecule has 4 aromatic carbocycles. The summed E-state index contributed by atoms with van der Waals surface area (Å²) >= 11 is 18.8. The summed E-state index contributed by atoms with van der Waals surface area (Å²) in [5.74, 6) is 0. The van der Waals surface area contributed by atoms with E-state index in [1.54, 1.807) is 83.5 Å². The number of thiophene rings is 9.